The van der Waals surface area contributed by atoms with E-state index in [4.69, 9.17) is 10.2 Å². The predicted octanol–water partition coefficient (Wildman–Crippen LogP) is 3.99. The Kier molecular flexibility index (Phi) is 2.15. The summed E-state index contributed by atoms with van der Waals surface area (Å²) in [6.45, 7) is 2.07. The van der Waals surface area contributed by atoms with Gasteiger partial charge in [0.1, 0.15) is 11.3 Å². The molecular formula is C15H13NO. The molecule has 3 aromatic rings. The van der Waals surface area contributed by atoms with Gasteiger partial charge >= 0.3 is 0 Å². The lowest BCUT2D eigenvalue weighted by Crippen LogP contribution is -1.87. The highest BCUT2D eigenvalue weighted by Gasteiger charge is 2.08. The highest BCUT2D eigenvalue weighted by molar-refractivity contribution is 5.85. The average Bonchev–Trinajstić information content (AvgIpc) is 2.72. The number of benzene rings is 2. The second-order valence-corrected chi connectivity index (χ2v) is 4.24. The van der Waals surface area contributed by atoms with Crippen LogP contribution >= 0.6 is 0 Å². The first-order valence-electron chi connectivity index (χ1n) is 5.59. The second-order valence-electron chi connectivity index (χ2n) is 4.24. The van der Waals surface area contributed by atoms with Gasteiger partial charge in [0.15, 0.2) is 0 Å². The molecule has 2 N–H and O–H groups in total. The van der Waals surface area contributed by atoms with Crippen LogP contribution in [0, 0.1) is 6.92 Å². The minimum absolute atomic E-state index is 0.739. The summed E-state index contributed by atoms with van der Waals surface area (Å²) in [5.74, 6) is 0.823. The predicted molar refractivity (Wildman–Crippen MR) is 70.8 cm³/mol. The Hall–Kier alpha value is -2.22. The van der Waals surface area contributed by atoms with Gasteiger partial charge in [-0.05, 0) is 37.3 Å². The average molecular weight is 223 g/mol. The molecule has 0 aliphatic rings. The summed E-state index contributed by atoms with van der Waals surface area (Å²) < 4.78 is 5.81. The van der Waals surface area contributed by atoms with Crippen molar-refractivity contribution >= 4 is 16.7 Å². The number of nitrogens with two attached hydrogens (primary N) is 1. The van der Waals surface area contributed by atoms with Crippen LogP contribution in [0.5, 0.6) is 0 Å². The zero-order chi connectivity index (χ0) is 11.8. The molecule has 2 nitrogen and oxygen atoms in total. The second kappa shape index (κ2) is 3.67. The normalized spacial score (nSPS) is 10.9. The van der Waals surface area contributed by atoms with E-state index in [1.54, 1.807) is 0 Å². The molecule has 0 fully saturated rings. The molecule has 2 aromatic carbocycles. The number of furan rings is 1. The topological polar surface area (TPSA) is 39.2 Å². The van der Waals surface area contributed by atoms with Crippen molar-refractivity contribution in [2.24, 2.45) is 0 Å². The zero-order valence-electron chi connectivity index (χ0n) is 9.60. The van der Waals surface area contributed by atoms with Crippen molar-refractivity contribution in [2.75, 3.05) is 5.73 Å². The zero-order valence-corrected chi connectivity index (χ0v) is 9.60. The summed E-state index contributed by atoms with van der Waals surface area (Å²) in [5, 5.41) is 1.11. The van der Waals surface area contributed by atoms with Gasteiger partial charge in [-0.1, -0.05) is 23.8 Å². The van der Waals surface area contributed by atoms with Crippen molar-refractivity contribution < 1.29 is 4.42 Å². The fraction of sp³-hybridized carbons (Fsp3) is 0.0667. The van der Waals surface area contributed by atoms with Crippen LogP contribution in [0.15, 0.2) is 52.9 Å². The Morgan fingerprint density at radius 3 is 2.65 bits per heavy atom. The minimum atomic E-state index is 0.739. The maximum Gasteiger partial charge on any atom is 0.137 e. The Labute approximate surface area is 99.7 Å². The largest absolute Gasteiger partial charge is 0.456 e. The van der Waals surface area contributed by atoms with Crippen molar-refractivity contribution in [3.05, 3.63) is 54.1 Å². The number of para-hydroxylation sites is 1. The molecule has 0 bridgehead atoms. The molecule has 0 radical (unpaired) electrons. The van der Waals surface area contributed by atoms with Crippen molar-refractivity contribution in [3.63, 3.8) is 0 Å². The highest BCUT2D eigenvalue weighted by Crippen LogP contribution is 2.31. The molecule has 1 aromatic heterocycles. The summed E-state index contributed by atoms with van der Waals surface area (Å²) in [6.07, 6.45) is 0. The van der Waals surface area contributed by atoms with E-state index in [0.29, 0.717) is 0 Å². The first-order chi connectivity index (χ1) is 8.24. The van der Waals surface area contributed by atoms with Crippen LogP contribution in [0.2, 0.25) is 0 Å². The molecule has 2 heteroatoms. The summed E-state index contributed by atoms with van der Waals surface area (Å²) in [7, 11) is 0. The fourth-order valence-corrected chi connectivity index (χ4v) is 2.02. The van der Waals surface area contributed by atoms with Crippen LogP contribution in [0.4, 0.5) is 5.69 Å². The molecule has 0 unspecified atom stereocenters. The van der Waals surface area contributed by atoms with Crippen LogP contribution in [0.3, 0.4) is 0 Å². The fourth-order valence-electron chi connectivity index (χ4n) is 2.02. The van der Waals surface area contributed by atoms with E-state index in [9.17, 15) is 0 Å². The van der Waals surface area contributed by atoms with Gasteiger partial charge in [-0.2, -0.15) is 0 Å². The van der Waals surface area contributed by atoms with E-state index in [-0.39, 0.29) is 0 Å². The maximum absolute atomic E-state index is 5.94. The lowest BCUT2D eigenvalue weighted by atomic mass is 10.1. The lowest BCUT2D eigenvalue weighted by Gasteiger charge is -2.00. The molecule has 0 saturated carbocycles. The molecule has 84 valence electrons. The smallest absolute Gasteiger partial charge is 0.137 e. The van der Waals surface area contributed by atoms with E-state index in [1.165, 1.54) is 5.56 Å². The standard InChI is InChI=1S/C15H13NO/c1-10-6-7-14-11(8-10)9-15(17-14)12-4-2-3-5-13(12)16/h2-9H,16H2,1H3. The van der Waals surface area contributed by atoms with Crippen LogP contribution in [-0.4, -0.2) is 0 Å². The third-order valence-electron chi connectivity index (χ3n) is 2.90. The molecule has 17 heavy (non-hydrogen) atoms. The van der Waals surface area contributed by atoms with Crippen molar-refractivity contribution in [1.82, 2.24) is 0 Å². The van der Waals surface area contributed by atoms with Crippen molar-refractivity contribution in [1.29, 1.82) is 0 Å². The monoisotopic (exact) mass is 223 g/mol. The van der Waals surface area contributed by atoms with Crippen LogP contribution in [-0.2, 0) is 0 Å². The van der Waals surface area contributed by atoms with Gasteiger partial charge < -0.3 is 10.2 Å². The van der Waals surface area contributed by atoms with E-state index >= 15 is 0 Å². The van der Waals surface area contributed by atoms with Gasteiger partial charge in [0.05, 0.1) is 0 Å². The van der Waals surface area contributed by atoms with Gasteiger partial charge in [0, 0.05) is 16.6 Å². The van der Waals surface area contributed by atoms with Crippen molar-refractivity contribution in [2.45, 2.75) is 6.92 Å². The number of hydrogen-bond acceptors (Lipinski definition) is 2. The van der Waals surface area contributed by atoms with Gasteiger partial charge in [0.2, 0.25) is 0 Å². The minimum Gasteiger partial charge on any atom is -0.456 e. The molecule has 0 aliphatic carbocycles. The van der Waals surface area contributed by atoms with Crippen molar-refractivity contribution in [3.8, 4) is 11.3 Å². The Morgan fingerprint density at radius 1 is 1.00 bits per heavy atom. The van der Waals surface area contributed by atoms with Crippen LogP contribution < -0.4 is 5.73 Å². The number of aryl methyl sites for hydroxylation is 1. The Morgan fingerprint density at radius 2 is 1.82 bits per heavy atom. The number of anilines is 1. The molecule has 0 atom stereocenters. The molecule has 0 spiro atoms. The highest BCUT2D eigenvalue weighted by atomic mass is 16.3. The Bertz CT molecular complexity index is 682. The molecular weight excluding hydrogens is 210 g/mol. The third kappa shape index (κ3) is 1.68. The SMILES string of the molecule is Cc1ccc2oc(-c3ccccc3N)cc2c1. The number of hydrogen-bond donors (Lipinski definition) is 1. The summed E-state index contributed by atoms with van der Waals surface area (Å²) in [5.41, 5.74) is 9.75. The number of fused-ring (bicyclic) bond motifs is 1. The van der Waals surface area contributed by atoms with Gasteiger partial charge in [-0.3, -0.25) is 0 Å². The van der Waals surface area contributed by atoms with E-state index in [2.05, 4.69) is 13.0 Å². The molecule has 0 saturated heterocycles. The first-order valence-corrected chi connectivity index (χ1v) is 5.59. The summed E-state index contributed by atoms with van der Waals surface area (Å²) >= 11 is 0. The summed E-state index contributed by atoms with van der Waals surface area (Å²) in [6, 6.07) is 15.9. The van der Waals surface area contributed by atoms with Gasteiger partial charge in [-0.25, -0.2) is 0 Å². The van der Waals surface area contributed by atoms with Crippen LogP contribution in [0.25, 0.3) is 22.3 Å². The number of nitrogen functional groups attached to an aromatic ring is 1. The molecule has 1 heterocycles. The van der Waals surface area contributed by atoms with E-state index in [0.717, 1.165) is 28.0 Å². The van der Waals surface area contributed by atoms with E-state index in [1.807, 2.05) is 42.5 Å². The Balaban J connectivity index is 2.22. The molecule has 3 rings (SSSR count). The van der Waals surface area contributed by atoms with Gasteiger partial charge in [0.25, 0.3) is 0 Å². The van der Waals surface area contributed by atoms with E-state index < -0.39 is 0 Å². The quantitative estimate of drug-likeness (QED) is 0.633. The maximum atomic E-state index is 5.94. The summed E-state index contributed by atoms with van der Waals surface area (Å²) in [4.78, 5) is 0. The van der Waals surface area contributed by atoms with Gasteiger partial charge in [-0.15, -0.1) is 0 Å². The van der Waals surface area contributed by atoms with Crippen LogP contribution in [0.1, 0.15) is 5.56 Å². The first kappa shape index (κ1) is 9.97. The lowest BCUT2D eigenvalue weighted by molar-refractivity contribution is 0.632. The molecule has 0 aliphatic heterocycles. The third-order valence-corrected chi connectivity index (χ3v) is 2.90. The number of rotatable bonds is 1. The molecule has 0 amide bonds.